The van der Waals surface area contributed by atoms with Crippen molar-refractivity contribution in [2.24, 2.45) is 0 Å². The Labute approximate surface area is 161 Å². The molecule has 1 aromatic rings. The lowest BCUT2D eigenvalue weighted by molar-refractivity contribution is -0.136. The number of benzene rings is 1. The molecule has 1 aliphatic carbocycles. The van der Waals surface area contributed by atoms with E-state index in [0.29, 0.717) is 24.2 Å². The summed E-state index contributed by atoms with van der Waals surface area (Å²) < 4.78 is 5.66. The molecular formula is C20H22N2O6. The fraction of sp³-hybridized carbons (Fsp3) is 0.500. The van der Waals surface area contributed by atoms with Gasteiger partial charge in [0, 0.05) is 19.6 Å². The molecule has 1 unspecified atom stereocenters. The lowest BCUT2D eigenvalue weighted by atomic mass is 9.77. The number of hydrogen-bond donors (Lipinski definition) is 2. The van der Waals surface area contributed by atoms with E-state index in [1.165, 1.54) is 0 Å². The second-order valence-corrected chi connectivity index (χ2v) is 7.49. The number of rotatable bonds is 6. The Balaban J connectivity index is 1.46. The van der Waals surface area contributed by atoms with Crippen LogP contribution in [0.4, 0.5) is 0 Å². The maximum absolute atomic E-state index is 12.8. The van der Waals surface area contributed by atoms with Crippen LogP contribution in [0.25, 0.3) is 0 Å². The highest BCUT2D eigenvalue weighted by Gasteiger charge is 2.45. The highest BCUT2D eigenvalue weighted by atomic mass is 16.5. The molecule has 8 heteroatoms. The molecule has 1 aromatic carbocycles. The normalized spacial score (nSPS) is 26.9. The molecule has 1 saturated carbocycles. The van der Waals surface area contributed by atoms with Gasteiger partial charge >= 0.3 is 0 Å². The zero-order valence-electron chi connectivity index (χ0n) is 15.3. The van der Waals surface area contributed by atoms with Crippen molar-refractivity contribution >= 4 is 23.6 Å². The number of carbonyl (C=O) groups excluding carboxylic acids is 4. The van der Waals surface area contributed by atoms with Crippen LogP contribution in [0.2, 0.25) is 0 Å². The van der Waals surface area contributed by atoms with Gasteiger partial charge in [-0.1, -0.05) is 6.07 Å². The number of amides is 4. The molecule has 8 nitrogen and oxygen atoms in total. The predicted octanol–water partition coefficient (Wildman–Crippen LogP) is 0.733. The van der Waals surface area contributed by atoms with Crippen LogP contribution in [0.3, 0.4) is 0 Å². The Bertz CT molecular complexity index is 845. The van der Waals surface area contributed by atoms with E-state index in [-0.39, 0.29) is 37.4 Å². The zero-order valence-corrected chi connectivity index (χ0v) is 15.3. The van der Waals surface area contributed by atoms with Crippen LogP contribution in [0.1, 0.15) is 64.3 Å². The van der Waals surface area contributed by atoms with E-state index < -0.39 is 23.8 Å². The number of carbonyl (C=O) groups is 4. The summed E-state index contributed by atoms with van der Waals surface area (Å²) in [5.41, 5.74) is 1.59. The lowest BCUT2D eigenvalue weighted by Gasteiger charge is -2.35. The van der Waals surface area contributed by atoms with Crippen molar-refractivity contribution in [3.63, 3.8) is 0 Å². The van der Waals surface area contributed by atoms with Crippen molar-refractivity contribution in [1.82, 2.24) is 10.2 Å². The molecule has 0 bridgehead atoms. The zero-order chi connectivity index (χ0) is 19.8. The third kappa shape index (κ3) is 3.22. The summed E-state index contributed by atoms with van der Waals surface area (Å²) in [5, 5.41) is 11.0. The summed E-state index contributed by atoms with van der Waals surface area (Å²) in [6, 6.07) is 4.31. The summed E-state index contributed by atoms with van der Waals surface area (Å²) in [7, 11) is 0. The van der Waals surface area contributed by atoms with E-state index in [1.807, 2.05) is 6.07 Å². The molecule has 4 rings (SSSR count). The van der Waals surface area contributed by atoms with Gasteiger partial charge in [-0.25, -0.2) is 0 Å². The van der Waals surface area contributed by atoms with Crippen LogP contribution >= 0.6 is 0 Å². The number of aliphatic hydroxyl groups excluding tert-OH is 1. The van der Waals surface area contributed by atoms with Crippen molar-refractivity contribution in [2.45, 2.75) is 50.2 Å². The number of aliphatic hydroxyl groups is 1. The Morgan fingerprint density at radius 2 is 1.86 bits per heavy atom. The molecule has 4 amide bonds. The molecule has 0 aromatic heterocycles. The highest BCUT2D eigenvalue weighted by Crippen LogP contribution is 2.40. The van der Waals surface area contributed by atoms with Gasteiger partial charge in [-0.15, -0.1) is 0 Å². The van der Waals surface area contributed by atoms with Gasteiger partial charge in [-0.3, -0.25) is 29.4 Å². The Morgan fingerprint density at radius 1 is 1.11 bits per heavy atom. The van der Waals surface area contributed by atoms with Gasteiger partial charge in [0.15, 0.2) is 0 Å². The Hall–Kier alpha value is -2.58. The maximum Gasteiger partial charge on any atom is 0.262 e. The SMILES string of the molecule is O=C1CCC(N2C(=O)c3ccc(C4CC(OCCCO)C4)cc3C2=O)C(=O)N1. The Kier molecular flexibility index (Phi) is 4.99. The van der Waals surface area contributed by atoms with Crippen molar-refractivity contribution < 1.29 is 29.0 Å². The van der Waals surface area contributed by atoms with E-state index in [2.05, 4.69) is 5.32 Å². The van der Waals surface area contributed by atoms with Gasteiger partial charge in [0.2, 0.25) is 11.8 Å². The van der Waals surface area contributed by atoms with Crippen LogP contribution in [-0.4, -0.2) is 59.0 Å². The minimum absolute atomic E-state index is 0.106. The molecule has 2 heterocycles. The average Bonchev–Trinajstić information content (AvgIpc) is 2.88. The second-order valence-electron chi connectivity index (χ2n) is 7.49. The largest absolute Gasteiger partial charge is 0.396 e. The summed E-state index contributed by atoms with van der Waals surface area (Å²) in [6.07, 6.45) is 2.70. The van der Waals surface area contributed by atoms with Crippen LogP contribution < -0.4 is 5.32 Å². The van der Waals surface area contributed by atoms with Crippen LogP contribution in [0.15, 0.2) is 18.2 Å². The Morgan fingerprint density at radius 3 is 2.57 bits per heavy atom. The van der Waals surface area contributed by atoms with Crippen LogP contribution in [-0.2, 0) is 14.3 Å². The molecule has 0 spiro atoms. The fourth-order valence-electron chi connectivity index (χ4n) is 4.03. The number of nitrogens with zero attached hydrogens (tertiary/aromatic N) is 1. The first-order valence-electron chi connectivity index (χ1n) is 9.57. The highest BCUT2D eigenvalue weighted by molar-refractivity contribution is 6.23. The second kappa shape index (κ2) is 7.44. The number of piperidine rings is 1. The molecule has 3 aliphatic rings. The van der Waals surface area contributed by atoms with Gasteiger partial charge in [0.25, 0.3) is 11.8 Å². The third-order valence-corrected chi connectivity index (χ3v) is 5.69. The summed E-state index contributed by atoms with van der Waals surface area (Å²) in [4.78, 5) is 50.0. The molecule has 0 radical (unpaired) electrons. The number of ether oxygens (including phenoxy) is 1. The minimum atomic E-state index is -0.943. The summed E-state index contributed by atoms with van der Waals surface area (Å²) >= 11 is 0. The van der Waals surface area contributed by atoms with Crippen molar-refractivity contribution in [3.8, 4) is 0 Å². The predicted molar refractivity (Wildman–Crippen MR) is 96.5 cm³/mol. The van der Waals surface area contributed by atoms with Crippen LogP contribution in [0.5, 0.6) is 0 Å². The molecule has 1 saturated heterocycles. The molecule has 148 valence electrons. The first-order chi connectivity index (χ1) is 13.5. The topological polar surface area (TPSA) is 113 Å². The maximum atomic E-state index is 12.8. The standard InChI is InChI=1S/C20H22N2O6/c23-6-1-7-28-13-8-12(9-13)11-2-3-14-15(10-11)20(27)22(19(14)26)16-4-5-17(24)21-18(16)25/h2-3,10,12-13,16,23H,1,4-9H2,(H,21,24,25). The van der Waals surface area contributed by atoms with E-state index >= 15 is 0 Å². The van der Waals surface area contributed by atoms with E-state index in [4.69, 9.17) is 9.84 Å². The lowest BCUT2D eigenvalue weighted by Crippen LogP contribution is -2.54. The fourth-order valence-corrected chi connectivity index (χ4v) is 4.03. The molecule has 2 fully saturated rings. The smallest absolute Gasteiger partial charge is 0.262 e. The van der Waals surface area contributed by atoms with Gasteiger partial charge in [0.05, 0.1) is 17.2 Å². The van der Waals surface area contributed by atoms with Gasteiger partial charge < -0.3 is 9.84 Å². The molecule has 2 N–H and O–H groups in total. The third-order valence-electron chi connectivity index (χ3n) is 5.69. The summed E-state index contributed by atoms with van der Waals surface area (Å²) in [5.74, 6) is -1.70. The number of nitrogens with one attached hydrogen (secondary N) is 1. The van der Waals surface area contributed by atoms with E-state index in [1.54, 1.807) is 12.1 Å². The summed E-state index contributed by atoms with van der Waals surface area (Å²) in [6.45, 7) is 0.646. The first kappa shape index (κ1) is 18.8. The van der Waals surface area contributed by atoms with Gasteiger partial charge in [-0.05, 0) is 49.3 Å². The van der Waals surface area contributed by atoms with Gasteiger partial charge in [-0.2, -0.15) is 0 Å². The molecule has 28 heavy (non-hydrogen) atoms. The number of imide groups is 2. The van der Waals surface area contributed by atoms with Crippen molar-refractivity contribution in [2.75, 3.05) is 13.2 Å². The van der Waals surface area contributed by atoms with E-state index in [0.717, 1.165) is 23.3 Å². The molecule has 2 aliphatic heterocycles. The first-order valence-corrected chi connectivity index (χ1v) is 9.57. The van der Waals surface area contributed by atoms with Crippen LogP contribution in [0, 0.1) is 0 Å². The van der Waals surface area contributed by atoms with E-state index in [9.17, 15) is 19.2 Å². The number of fused-ring (bicyclic) bond motifs is 1. The van der Waals surface area contributed by atoms with Crippen molar-refractivity contribution in [3.05, 3.63) is 34.9 Å². The number of hydrogen-bond acceptors (Lipinski definition) is 6. The molecule has 1 atom stereocenters. The molecular weight excluding hydrogens is 364 g/mol. The monoisotopic (exact) mass is 386 g/mol. The van der Waals surface area contributed by atoms with Gasteiger partial charge in [0.1, 0.15) is 6.04 Å². The average molecular weight is 386 g/mol. The van der Waals surface area contributed by atoms with Crippen molar-refractivity contribution in [1.29, 1.82) is 0 Å². The quantitative estimate of drug-likeness (QED) is 0.551. The minimum Gasteiger partial charge on any atom is -0.396 e.